The fourth-order valence-electron chi connectivity index (χ4n) is 3.05. The molecule has 2 aromatic rings. The minimum atomic E-state index is 0.161. The normalized spacial score (nSPS) is 19.2. The molecule has 96 valence electrons. The summed E-state index contributed by atoms with van der Waals surface area (Å²) in [6.45, 7) is 2.88. The lowest BCUT2D eigenvalue weighted by atomic mass is 9.74. The van der Waals surface area contributed by atoms with Crippen LogP contribution in [0.5, 0.6) is 0 Å². The Labute approximate surface area is 112 Å². The van der Waals surface area contributed by atoms with E-state index in [4.69, 9.17) is 10.7 Å². The van der Waals surface area contributed by atoms with E-state index in [1.807, 2.05) is 11.3 Å². The Bertz CT molecular complexity index is 553. The van der Waals surface area contributed by atoms with Gasteiger partial charge in [-0.25, -0.2) is 4.98 Å². The molecule has 0 saturated heterocycles. The fourth-order valence-corrected chi connectivity index (χ4v) is 4.35. The highest BCUT2D eigenvalue weighted by molar-refractivity contribution is 7.18. The zero-order valence-electron chi connectivity index (χ0n) is 10.9. The highest BCUT2D eigenvalue weighted by atomic mass is 32.1. The van der Waals surface area contributed by atoms with Gasteiger partial charge in [0.25, 0.3) is 0 Å². The number of aryl methyl sites for hydroxylation is 1. The molecule has 2 N–H and O–H groups in total. The SMILES string of the molecule is Cc1cccc2sc(C3(CN)CCCCC3)nc12. The van der Waals surface area contributed by atoms with Gasteiger partial charge in [-0.05, 0) is 31.4 Å². The van der Waals surface area contributed by atoms with Crippen molar-refractivity contribution in [3.8, 4) is 0 Å². The molecule has 0 radical (unpaired) electrons. The van der Waals surface area contributed by atoms with Gasteiger partial charge in [0.15, 0.2) is 0 Å². The lowest BCUT2D eigenvalue weighted by Crippen LogP contribution is -2.37. The number of para-hydroxylation sites is 1. The lowest BCUT2D eigenvalue weighted by molar-refractivity contribution is 0.300. The van der Waals surface area contributed by atoms with Crippen molar-refractivity contribution in [1.82, 2.24) is 4.98 Å². The molecule has 0 atom stereocenters. The van der Waals surface area contributed by atoms with Gasteiger partial charge in [-0.1, -0.05) is 31.4 Å². The van der Waals surface area contributed by atoms with Gasteiger partial charge >= 0.3 is 0 Å². The first-order chi connectivity index (χ1) is 8.75. The molecule has 1 fully saturated rings. The first-order valence-corrected chi connectivity index (χ1v) is 7.63. The molecule has 1 saturated carbocycles. The maximum absolute atomic E-state index is 6.10. The van der Waals surface area contributed by atoms with E-state index in [0.29, 0.717) is 0 Å². The highest BCUT2D eigenvalue weighted by Crippen LogP contribution is 2.42. The molecule has 1 aliphatic rings. The van der Waals surface area contributed by atoms with Crippen LogP contribution in [0.1, 0.15) is 42.7 Å². The van der Waals surface area contributed by atoms with Crippen molar-refractivity contribution in [3.63, 3.8) is 0 Å². The van der Waals surface area contributed by atoms with Crippen LogP contribution in [0.2, 0.25) is 0 Å². The van der Waals surface area contributed by atoms with E-state index in [9.17, 15) is 0 Å². The van der Waals surface area contributed by atoms with Gasteiger partial charge in [0.1, 0.15) is 5.01 Å². The Morgan fingerprint density at radius 3 is 2.72 bits per heavy atom. The van der Waals surface area contributed by atoms with E-state index < -0.39 is 0 Å². The number of hydrogen-bond acceptors (Lipinski definition) is 3. The van der Waals surface area contributed by atoms with Crippen LogP contribution in [0.25, 0.3) is 10.2 Å². The summed E-state index contributed by atoms with van der Waals surface area (Å²) in [5.74, 6) is 0. The average molecular weight is 260 g/mol. The first kappa shape index (κ1) is 12.1. The second kappa shape index (κ2) is 4.63. The molecule has 0 spiro atoms. The quantitative estimate of drug-likeness (QED) is 0.892. The van der Waals surface area contributed by atoms with Gasteiger partial charge in [0, 0.05) is 12.0 Å². The Kier molecular flexibility index (Phi) is 3.12. The van der Waals surface area contributed by atoms with E-state index >= 15 is 0 Å². The summed E-state index contributed by atoms with van der Waals surface area (Å²) in [5.41, 5.74) is 8.71. The van der Waals surface area contributed by atoms with Crippen molar-refractivity contribution >= 4 is 21.6 Å². The lowest BCUT2D eigenvalue weighted by Gasteiger charge is -2.34. The van der Waals surface area contributed by atoms with E-state index in [1.165, 1.54) is 52.9 Å². The van der Waals surface area contributed by atoms with Gasteiger partial charge in [-0.3, -0.25) is 0 Å². The molecule has 1 aliphatic carbocycles. The molecule has 0 aliphatic heterocycles. The standard InChI is InChI=1S/C15H20N2S/c1-11-6-5-7-12-13(11)17-14(18-12)15(10-16)8-3-2-4-9-15/h5-7H,2-4,8-10,16H2,1H3. The van der Waals surface area contributed by atoms with Crippen LogP contribution in [-0.2, 0) is 5.41 Å². The number of rotatable bonds is 2. The molecule has 18 heavy (non-hydrogen) atoms. The van der Waals surface area contributed by atoms with Crippen molar-refractivity contribution in [2.75, 3.05) is 6.54 Å². The van der Waals surface area contributed by atoms with Crippen molar-refractivity contribution in [1.29, 1.82) is 0 Å². The molecule has 1 aromatic carbocycles. The molecule has 0 unspecified atom stereocenters. The molecule has 2 nitrogen and oxygen atoms in total. The van der Waals surface area contributed by atoms with Gasteiger partial charge < -0.3 is 5.73 Å². The summed E-state index contributed by atoms with van der Waals surface area (Å²) in [6, 6.07) is 6.44. The van der Waals surface area contributed by atoms with Crippen molar-refractivity contribution < 1.29 is 0 Å². The predicted molar refractivity (Wildman–Crippen MR) is 78.2 cm³/mol. The molecular weight excluding hydrogens is 240 g/mol. The number of benzene rings is 1. The van der Waals surface area contributed by atoms with Gasteiger partial charge in [0.05, 0.1) is 10.2 Å². The third-order valence-corrected chi connectivity index (χ3v) is 5.54. The maximum atomic E-state index is 6.10. The van der Waals surface area contributed by atoms with Gasteiger partial charge in [-0.15, -0.1) is 11.3 Å². The Balaban J connectivity index is 2.09. The van der Waals surface area contributed by atoms with Crippen LogP contribution in [0, 0.1) is 6.92 Å². The summed E-state index contributed by atoms with van der Waals surface area (Å²) in [7, 11) is 0. The summed E-state index contributed by atoms with van der Waals surface area (Å²) in [5, 5.41) is 1.27. The number of nitrogens with two attached hydrogens (primary N) is 1. The number of aromatic nitrogens is 1. The second-order valence-corrected chi connectivity index (χ2v) is 6.52. The van der Waals surface area contributed by atoms with Crippen LogP contribution in [0.3, 0.4) is 0 Å². The zero-order chi connectivity index (χ0) is 12.6. The molecule has 3 rings (SSSR count). The van der Waals surface area contributed by atoms with Crippen LogP contribution < -0.4 is 5.73 Å². The Morgan fingerprint density at radius 1 is 1.28 bits per heavy atom. The molecular formula is C15H20N2S. The second-order valence-electron chi connectivity index (χ2n) is 5.49. The number of thiazole rings is 1. The number of fused-ring (bicyclic) bond motifs is 1. The molecule has 1 aromatic heterocycles. The number of nitrogens with zero attached hydrogens (tertiary/aromatic N) is 1. The topological polar surface area (TPSA) is 38.9 Å². The molecule has 0 amide bonds. The third kappa shape index (κ3) is 1.86. The van der Waals surface area contributed by atoms with Gasteiger partial charge in [0.2, 0.25) is 0 Å². The fraction of sp³-hybridized carbons (Fsp3) is 0.533. The van der Waals surface area contributed by atoms with Crippen molar-refractivity contribution in [2.45, 2.75) is 44.4 Å². The third-order valence-electron chi connectivity index (χ3n) is 4.28. The van der Waals surface area contributed by atoms with Crippen LogP contribution >= 0.6 is 11.3 Å². The molecule has 1 heterocycles. The van der Waals surface area contributed by atoms with E-state index in [0.717, 1.165) is 6.54 Å². The predicted octanol–water partition coefficient (Wildman–Crippen LogP) is 3.77. The highest BCUT2D eigenvalue weighted by Gasteiger charge is 2.35. The van der Waals surface area contributed by atoms with E-state index in [-0.39, 0.29) is 5.41 Å². The number of hydrogen-bond donors (Lipinski definition) is 1. The minimum absolute atomic E-state index is 0.161. The van der Waals surface area contributed by atoms with E-state index in [2.05, 4.69) is 25.1 Å². The van der Waals surface area contributed by atoms with Crippen LogP contribution in [-0.4, -0.2) is 11.5 Å². The summed E-state index contributed by atoms with van der Waals surface area (Å²) in [6.07, 6.45) is 6.37. The molecule has 3 heteroatoms. The largest absolute Gasteiger partial charge is 0.329 e. The summed E-state index contributed by atoms with van der Waals surface area (Å²) >= 11 is 1.85. The summed E-state index contributed by atoms with van der Waals surface area (Å²) in [4.78, 5) is 4.92. The Morgan fingerprint density at radius 2 is 2.06 bits per heavy atom. The average Bonchev–Trinajstić information content (AvgIpc) is 2.85. The van der Waals surface area contributed by atoms with Crippen LogP contribution in [0.4, 0.5) is 0 Å². The first-order valence-electron chi connectivity index (χ1n) is 6.82. The maximum Gasteiger partial charge on any atom is 0.101 e. The monoisotopic (exact) mass is 260 g/mol. The van der Waals surface area contributed by atoms with Gasteiger partial charge in [-0.2, -0.15) is 0 Å². The van der Waals surface area contributed by atoms with Crippen molar-refractivity contribution in [2.24, 2.45) is 5.73 Å². The zero-order valence-corrected chi connectivity index (χ0v) is 11.7. The van der Waals surface area contributed by atoms with Crippen molar-refractivity contribution in [3.05, 3.63) is 28.8 Å². The smallest absolute Gasteiger partial charge is 0.101 e. The van der Waals surface area contributed by atoms with Crippen LogP contribution in [0.15, 0.2) is 18.2 Å². The Hall–Kier alpha value is -0.930. The molecule has 0 bridgehead atoms. The minimum Gasteiger partial charge on any atom is -0.329 e. The summed E-state index contributed by atoms with van der Waals surface area (Å²) < 4.78 is 1.31. The van der Waals surface area contributed by atoms with E-state index in [1.54, 1.807) is 0 Å².